The molecule has 1 heterocycles. The summed E-state index contributed by atoms with van der Waals surface area (Å²) in [4.78, 5) is 0. The molecule has 0 fully saturated rings. The van der Waals surface area contributed by atoms with Crippen LogP contribution in [0.3, 0.4) is 0 Å². The fraction of sp³-hybridized carbons (Fsp3) is 0.467. The van der Waals surface area contributed by atoms with Crippen molar-refractivity contribution < 1.29 is 9.15 Å². The summed E-state index contributed by atoms with van der Waals surface area (Å²) in [5, 5.41) is 8.07. The third-order valence-electron chi connectivity index (χ3n) is 3.29. The van der Waals surface area contributed by atoms with Crippen LogP contribution in [0, 0.1) is 5.92 Å². The highest BCUT2D eigenvalue weighted by atomic mass is 16.5. The van der Waals surface area contributed by atoms with Crippen LogP contribution in [0.2, 0.25) is 0 Å². The van der Waals surface area contributed by atoms with Crippen molar-refractivity contribution >= 4 is 0 Å². The van der Waals surface area contributed by atoms with Crippen molar-refractivity contribution in [3.8, 4) is 5.75 Å². The molecule has 5 nitrogen and oxygen atoms in total. The number of aryl methyl sites for hydroxylation is 2. The van der Waals surface area contributed by atoms with Crippen molar-refractivity contribution in [2.75, 3.05) is 7.11 Å². The SMILES string of the molecule is COc1ccccc1CCc1nnc(C(N)C(C)C)o1. The van der Waals surface area contributed by atoms with Crippen LogP contribution in [0.25, 0.3) is 0 Å². The van der Waals surface area contributed by atoms with E-state index in [4.69, 9.17) is 14.9 Å². The first-order valence-corrected chi connectivity index (χ1v) is 6.81. The second kappa shape index (κ2) is 6.52. The Morgan fingerprint density at radius 3 is 2.65 bits per heavy atom. The van der Waals surface area contributed by atoms with Gasteiger partial charge in [-0.1, -0.05) is 32.0 Å². The summed E-state index contributed by atoms with van der Waals surface area (Å²) in [5.74, 6) is 2.28. The molecule has 0 bridgehead atoms. The van der Waals surface area contributed by atoms with Gasteiger partial charge in [0.25, 0.3) is 0 Å². The molecule has 0 aliphatic rings. The lowest BCUT2D eigenvalue weighted by Gasteiger charge is -2.09. The first kappa shape index (κ1) is 14.5. The molecule has 2 rings (SSSR count). The van der Waals surface area contributed by atoms with E-state index >= 15 is 0 Å². The number of aromatic nitrogens is 2. The summed E-state index contributed by atoms with van der Waals surface area (Å²) in [6, 6.07) is 7.72. The molecule has 0 spiro atoms. The average Bonchev–Trinajstić information content (AvgIpc) is 2.93. The van der Waals surface area contributed by atoms with Gasteiger partial charge in [-0.2, -0.15) is 0 Å². The van der Waals surface area contributed by atoms with Gasteiger partial charge >= 0.3 is 0 Å². The predicted octanol–water partition coefficient (Wildman–Crippen LogP) is 2.52. The molecule has 20 heavy (non-hydrogen) atoms. The maximum atomic E-state index is 5.99. The summed E-state index contributed by atoms with van der Waals surface area (Å²) in [5.41, 5.74) is 7.12. The van der Waals surface area contributed by atoms with Crippen LogP contribution >= 0.6 is 0 Å². The third kappa shape index (κ3) is 3.36. The second-order valence-electron chi connectivity index (χ2n) is 5.12. The van der Waals surface area contributed by atoms with Gasteiger partial charge in [0.15, 0.2) is 0 Å². The maximum Gasteiger partial charge on any atom is 0.233 e. The van der Waals surface area contributed by atoms with E-state index in [0.29, 0.717) is 18.2 Å². The van der Waals surface area contributed by atoms with Gasteiger partial charge in [0.1, 0.15) is 5.75 Å². The summed E-state index contributed by atoms with van der Waals surface area (Å²) < 4.78 is 10.9. The molecule has 0 aliphatic heterocycles. The van der Waals surface area contributed by atoms with Crippen LogP contribution in [0.1, 0.15) is 37.2 Å². The zero-order valence-corrected chi connectivity index (χ0v) is 12.2. The summed E-state index contributed by atoms with van der Waals surface area (Å²) in [6.45, 7) is 4.06. The number of para-hydroxylation sites is 1. The molecule has 1 unspecified atom stereocenters. The number of hydrogen-bond donors (Lipinski definition) is 1. The monoisotopic (exact) mass is 275 g/mol. The van der Waals surface area contributed by atoms with E-state index in [2.05, 4.69) is 10.2 Å². The standard InChI is InChI=1S/C15H21N3O2/c1-10(2)14(16)15-18-17-13(20-15)9-8-11-6-4-5-7-12(11)19-3/h4-7,10,14H,8-9,16H2,1-3H3. The first-order valence-electron chi connectivity index (χ1n) is 6.81. The number of benzene rings is 1. The van der Waals surface area contributed by atoms with Gasteiger partial charge in [-0.25, -0.2) is 0 Å². The van der Waals surface area contributed by atoms with Crippen LogP contribution < -0.4 is 10.5 Å². The minimum absolute atomic E-state index is 0.206. The van der Waals surface area contributed by atoms with Crippen LogP contribution in [0.5, 0.6) is 5.75 Å². The van der Waals surface area contributed by atoms with Gasteiger partial charge < -0.3 is 14.9 Å². The van der Waals surface area contributed by atoms with Crippen LogP contribution in [0.15, 0.2) is 28.7 Å². The van der Waals surface area contributed by atoms with Gasteiger partial charge in [0.2, 0.25) is 11.8 Å². The van der Waals surface area contributed by atoms with Gasteiger partial charge in [0.05, 0.1) is 13.2 Å². The Hall–Kier alpha value is -1.88. The fourth-order valence-corrected chi connectivity index (χ4v) is 1.94. The van der Waals surface area contributed by atoms with Gasteiger partial charge in [-0.05, 0) is 24.0 Å². The van der Waals surface area contributed by atoms with Gasteiger partial charge in [0, 0.05) is 6.42 Å². The average molecular weight is 275 g/mol. The molecular formula is C15H21N3O2. The van der Waals surface area contributed by atoms with Crippen molar-refractivity contribution in [1.82, 2.24) is 10.2 Å². The van der Waals surface area contributed by atoms with Gasteiger partial charge in [-0.15, -0.1) is 10.2 Å². The van der Waals surface area contributed by atoms with E-state index in [1.165, 1.54) is 0 Å². The van der Waals surface area contributed by atoms with E-state index in [1.54, 1.807) is 7.11 Å². The lowest BCUT2D eigenvalue weighted by Crippen LogP contribution is -2.16. The van der Waals surface area contributed by atoms with Crippen LogP contribution in [-0.2, 0) is 12.8 Å². The zero-order chi connectivity index (χ0) is 14.5. The van der Waals surface area contributed by atoms with E-state index in [1.807, 2.05) is 38.1 Å². The van der Waals surface area contributed by atoms with Crippen molar-refractivity contribution in [2.45, 2.75) is 32.7 Å². The minimum Gasteiger partial charge on any atom is -0.496 e. The maximum absolute atomic E-state index is 5.99. The Morgan fingerprint density at radius 1 is 1.20 bits per heavy atom. The lowest BCUT2D eigenvalue weighted by molar-refractivity contribution is 0.369. The second-order valence-corrected chi connectivity index (χ2v) is 5.12. The van der Waals surface area contributed by atoms with Crippen molar-refractivity contribution in [2.24, 2.45) is 11.7 Å². The number of ether oxygens (including phenoxy) is 1. The Balaban J connectivity index is 2.01. The summed E-state index contributed by atoms with van der Waals surface area (Å²) >= 11 is 0. The molecule has 108 valence electrons. The molecule has 2 aromatic rings. The van der Waals surface area contributed by atoms with E-state index in [0.717, 1.165) is 17.7 Å². The fourth-order valence-electron chi connectivity index (χ4n) is 1.94. The molecule has 0 radical (unpaired) electrons. The number of rotatable bonds is 6. The van der Waals surface area contributed by atoms with E-state index in [-0.39, 0.29) is 12.0 Å². The lowest BCUT2D eigenvalue weighted by atomic mass is 10.1. The molecule has 1 aromatic heterocycles. The minimum atomic E-state index is -0.206. The smallest absolute Gasteiger partial charge is 0.233 e. The first-order chi connectivity index (χ1) is 9.61. The topological polar surface area (TPSA) is 74.2 Å². The highest BCUT2D eigenvalue weighted by Gasteiger charge is 2.17. The van der Waals surface area contributed by atoms with Crippen molar-refractivity contribution in [3.05, 3.63) is 41.6 Å². The molecular weight excluding hydrogens is 254 g/mol. The molecule has 1 atom stereocenters. The molecule has 0 aliphatic carbocycles. The number of nitrogens with zero attached hydrogens (tertiary/aromatic N) is 2. The molecule has 2 N–H and O–H groups in total. The Bertz CT molecular complexity index is 552. The summed E-state index contributed by atoms with van der Waals surface area (Å²) in [6.07, 6.45) is 1.47. The van der Waals surface area contributed by atoms with E-state index < -0.39 is 0 Å². The largest absolute Gasteiger partial charge is 0.496 e. The molecule has 0 saturated carbocycles. The third-order valence-corrected chi connectivity index (χ3v) is 3.29. The van der Waals surface area contributed by atoms with E-state index in [9.17, 15) is 0 Å². The summed E-state index contributed by atoms with van der Waals surface area (Å²) in [7, 11) is 1.67. The highest BCUT2D eigenvalue weighted by molar-refractivity contribution is 5.33. The molecule has 1 aromatic carbocycles. The van der Waals surface area contributed by atoms with Crippen molar-refractivity contribution in [3.63, 3.8) is 0 Å². The van der Waals surface area contributed by atoms with Gasteiger partial charge in [-0.3, -0.25) is 0 Å². The normalized spacial score (nSPS) is 12.7. The van der Waals surface area contributed by atoms with Crippen LogP contribution in [-0.4, -0.2) is 17.3 Å². The number of hydrogen-bond acceptors (Lipinski definition) is 5. The Morgan fingerprint density at radius 2 is 1.95 bits per heavy atom. The zero-order valence-electron chi connectivity index (χ0n) is 12.2. The predicted molar refractivity (Wildman–Crippen MR) is 76.5 cm³/mol. The van der Waals surface area contributed by atoms with Crippen molar-refractivity contribution in [1.29, 1.82) is 0 Å². The Labute approximate surface area is 119 Å². The highest BCUT2D eigenvalue weighted by Crippen LogP contribution is 2.21. The molecule has 5 heteroatoms. The van der Waals surface area contributed by atoms with Crippen LogP contribution in [0.4, 0.5) is 0 Å². The molecule has 0 saturated heterocycles. The number of methoxy groups -OCH3 is 1. The number of nitrogens with two attached hydrogens (primary N) is 1. The molecule has 0 amide bonds. The quantitative estimate of drug-likeness (QED) is 0.876. The Kier molecular flexibility index (Phi) is 4.74.